The Balaban J connectivity index is 1.61. The molecule has 24 heavy (non-hydrogen) atoms. The second-order valence-corrected chi connectivity index (χ2v) is 7.58. The number of nitrogens with one attached hydrogen (secondary N) is 1. The van der Waals surface area contributed by atoms with Gasteiger partial charge in [-0.2, -0.15) is 11.8 Å². The average Bonchev–Trinajstić information content (AvgIpc) is 2.54. The maximum absolute atomic E-state index is 11.9. The molecule has 0 unspecified atom stereocenters. The van der Waals surface area contributed by atoms with Gasteiger partial charge in [-0.25, -0.2) is 0 Å². The predicted octanol–water partition coefficient (Wildman–Crippen LogP) is 5.28. The van der Waals surface area contributed by atoms with E-state index in [1.165, 1.54) is 11.1 Å². The fourth-order valence-corrected chi connectivity index (χ4v) is 3.62. The van der Waals surface area contributed by atoms with Gasteiger partial charge in [0.1, 0.15) is 0 Å². The number of amides is 1. The summed E-state index contributed by atoms with van der Waals surface area (Å²) in [4.78, 5) is 11.9. The smallest absolute Gasteiger partial charge is 0.220 e. The molecular weight excluding hydrogens is 361 g/mol. The summed E-state index contributed by atoms with van der Waals surface area (Å²) in [6.45, 7) is 2.78. The molecule has 2 aromatic rings. The minimum Gasteiger partial charge on any atom is -0.355 e. The number of halogens is 2. The Morgan fingerprint density at radius 3 is 2.75 bits per heavy atom. The Kier molecular flexibility index (Phi) is 7.97. The molecule has 128 valence electrons. The Bertz CT molecular complexity index is 691. The first-order chi connectivity index (χ1) is 11.5. The molecule has 0 atom stereocenters. The Morgan fingerprint density at radius 1 is 1.17 bits per heavy atom. The monoisotopic (exact) mass is 381 g/mol. The third-order valence-corrected chi connectivity index (χ3v) is 5.17. The number of carbonyl (C=O) groups is 1. The summed E-state index contributed by atoms with van der Waals surface area (Å²) in [6.07, 6.45) is 1.06. The molecule has 0 radical (unpaired) electrons. The summed E-state index contributed by atoms with van der Waals surface area (Å²) in [5, 5.41) is 4.18. The van der Waals surface area contributed by atoms with Gasteiger partial charge in [-0.1, -0.05) is 59.1 Å². The zero-order valence-electron chi connectivity index (χ0n) is 13.6. The molecule has 0 bridgehead atoms. The fraction of sp³-hybridized carbons (Fsp3) is 0.316. The van der Waals surface area contributed by atoms with Crippen molar-refractivity contribution >= 4 is 40.9 Å². The van der Waals surface area contributed by atoms with E-state index in [-0.39, 0.29) is 5.91 Å². The molecule has 2 rings (SSSR count). The fourth-order valence-electron chi connectivity index (χ4n) is 2.32. The summed E-state index contributed by atoms with van der Waals surface area (Å²) in [5.74, 6) is 1.93. The van der Waals surface area contributed by atoms with Gasteiger partial charge >= 0.3 is 0 Å². The SMILES string of the molecule is Cc1cccc(CSCCNC(=O)CCc2ccc(Cl)cc2Cl)c1. The zero-order valence-corrected chi connectivity index (χ0v) is 16.0. The van der Waals surface area contributed by atoms with Crippen molar-refractivity contribution in [1.29, 1.82) is 0 Å². The number of carbonyl (C=O) groups excluding carboxylic acids is 1. The standard InChI is InChI=1S/C19H21Cl2NOS/c1-14-3-2-4-15(11-14)13-24-10-9-22-19(23)8-6-16-5-7-17(20)12-18(16)21/h2-5,7,11-12H,6,8-10,13H2,1H3,(H,22,23). The van der Waals surface area contributed by atoms with Gasteiger partial charge in [0.15, 0.2) is 0 Å². The van der Waals surface area contributed by atoms with Crippen LogP contribution < -0.4 is 5.32 Å². The average molecular weight is 382 g/mol. The van der Waals surface area contributed by atoms with Crippen molar-refractivity contribution in [2.24, 2.45) is 0 Å². The van der Waals surface area contributed by atoms with Crippen LogP contribution in [0.2, 0.25) is 10.0 Å². The van der Waals surface area contributed by atoms with Gasteiger partial charge in [0.05, 0.1) is 0 Å². The lowest BCUT2D eigenvalue weighted by atomic mass is 10.1. The van der Waals surface area contributed by atoms with Crippen LogP contribution in [-0.4, -0.2) is 18.2 Å². The lowest BCUT2D eigenvalue weighted by Gasteiger charge is -2.07. The van der Waals surface area contributed by atoms with Gasteiger partial charge in [-0.3, -0.25) is 4.79 Å². The highest BCUT2D eigenvalue weighted by molar-refractivity contribution is 7.98. The van der Waals surface area contributed by atoms with Crippen LogP contribution in [0.15, 0.2) is 42.5 Å². The van der Waals surface area contributed by atoms with Gasteiger partial charge in [0.25, 0.3) is 0 Å². The second kappa shape index (κ2) is 9.97. The highest BCUT2D eigenvalue weighted by Gasteiger charge is 2.05. The summed E-state index contributed by atoms with van der Waals surface area (Å²) >= 11 is 13.8. The van der Waals surface area contributed by atoms with Crippen molar-refractivity contribution in [1.82, 2.24) is 5.32 Å². The van der Waals surface area contributed by atoms with Crippen LogP contribution in [0.1, 0.15) is 23.1 Å². The lowest BCUT2D eigenvalue weighted by Crippen LogP contribution is -2.25. The molecule has 0 heterocycles. The molecule has 0 aliphatic carbocycles. The molecule has 5 heteroatoms. The molecule has 0 saturated carbocycles. The van der Waals surface area contributed by atoms with E-state index in [0.717, 1.165) is 17.1 Å². The Hall–Kier alpha value is -1.16. The first-order valence-electron chi connectivity index (χ1n) is 7.88. The van der Waals surface area contributed by atoms with Crippen LogP contribution in [0.4, 0.5) is 0 Å². The first kappa shape index (κ1) is 19.2. The van der Waals surface area contributed by atoms with Crippen molar-refractivity contribution < 1.29 is 4.79 Å². The first-order valence-corrected chi connectivity index (χ1v) is 9.79. The topological polar surface area (TPSA) is 29.1 Å². The zero-order chi connectivity index (χ0) is 17.4. The van der Waals surface area contributed by atoms with Crippen molar-refractivity contribution in [2.75, 3.05) is 12.3 Å². The van der Waals surface area contributed by atoms with Crippen LogP contribution in [0, 0.1) is 6.92 Å². The third kappa shape index (κ3) is 6.76. The van der Waals surface area contributed by atoms with Crippen molar-refractivity contribution in [3.63, 3.8) is 0 Å². The van der Waals surface area contributed by atoms with Gasteiger partial charge in [-0.05, 0) is 36.6 Å². The lowest BCUT2D eigenvalue weighted by molar-refractivity contribution is -0.120. The number of hydrogen-bond acceptors (Lipinski definition) is 2. The summed E-state index contributed by atoms with van der Waals surface area (Å²) in [6, 6.07) is 13.9. The molecule has 2 nitrogen and oxygen atoms in total. The van der Waals surface area contributed by atoms with Crippen molar-refractivity contribution in [3.8, 4) is 0 Å². The van der Waals surface area contributed by atoms with E-state index in [2.05, 4.69) is 36.5 Å². The van der Waals surface area contributed by atoms with Crippen molar-refractivity contribution in [2.45, 2.75) is 25.5 Å². The number of aryl methyl sites for hydroxylation is 2. The van der Waals surface area contributed by atoms with E-state index >= 15 is 0 Å². The summed E-state index contributed by atoms with van der Waals surface area (Å²) in [5.41, 5.74) is 3.55. The Labute approximate surface area is 157 Å². The van der Waals surface area contributed by atoms with E-state index in [1.807, 2.05) is 17.8 Å². The van der Waals surface area contributed by atoms with Crippen LogP contribution in [0.5, 0.6) is 0 Å². The van der Waals surface area contributed by atoms with E-state index in [9.17, 15) is 4.79 Å². The van der Waals surface area contributed by atoms with Crippen LogP contribution >= 0.6 is 35.0 Å². The van der Waals surface area contributed by atoms with Gasteiger partial charge in [0.2, 0.25) is 5.91 Å². The summed E-state index contributed by atoms with van der Waals surface area (Å²) < 4.78 is 0. The number of hydrogen-bond donors (Lipinski definition) is 1. The van der Waals surface area contributed by atoms with Gasteiger partial charge < -0.3 is 5.32 Å². The minimum absolute atomic E-state index is 0.0529. The predicted molar refractivity (Wildman–Crippen MR) is 105 cm³/mol. The molecule has 0 spiro atoms. The largest absolute Gasteiger partial charge is 0.355 e. The Morgan fingerprint density at radius 2 is 2.00 bits per heavy atom. The highest BCUT2D eigenvalue weighted by atomic mass is 35.5. The maximum Gasteiger partial charge on any atom is 0.220 e. The van der Waals surface area contributed by atoms with Gasteiger partial charge in [-0.15, -0.1) is 0 Å². The maximum atomic E-state index is 11.9. The van der Waals surface area contributed by atoms with Crippen LogP contribution in [0.25, 0.3) is 0 Å². The van der Waals surface area contributed by atoms with Crippen molar-refractivity contribution in [3.05, 3.63) is 69.2 Å². The summed E-state index contributed by atoms with van der Waals surface area (Å²) in [7, 11) is 0. The molecule has 0 aliphatic rings. The van der Waals surface area contributed by atoms with Crippen LogP contribution in [0.3, 0.4) is 0 Å². The van der Waals surface area contributed by atoms with E-state index < -0.39 is 0 Å². The third-order valence-electron chi connectivity index (χ3n) is 3.56. The van der Waals surface area contributed by atoms with Gasteiger partial charge in [0, 0.05) is 34.5 Å². The molecular formula is C19H21Cl2NOS. The minimum atomic E-state index is 0.0529. The molecule has 0 aromatic heterocycles. The molecule has 0 saturated heterocycles. The normalized spacial score (nSPS) is 10.6. The van der Waals surface area contributed by atoms with E-state index in [4.69, 9.17) is 23.2 Å². The molecule has 0 aliphatic heterocycles. The highest BCUT2D eigenvalue weighted by Crippen LogP contribution is 2.22. The number of benzene rings is 2. The molecule has 0 fully saturated rings. The second-order valence-electron chi connectivity index (χ2n) is 5.63. The molecule has 1 amide bonds. The number of thioether (sulfide) groups is 1. The molecule has 2 aromatic carbocycles. The van der Waals surface area contributed by atoms with E-state index in [1.54, 1.807) is 12.1 Å². The number of rotatable bonds is 8. The molecule has 1 N–H and O–H groups in total. The van der Waals surface area contributed by atoms with Crippen LogP contribution in [-0.2, 0) is 17.0 Å². The quantitative estimate of drug-likeness (QED) is 0.629. The van der Waals surface area contributed by atoms with E-state index in [0.29, 0.717) is 29.4 Å².